The number of aryl methyl sites for hydroxylation is 1. The molecular formula is C30H29FN4O4. The van der Waals surface area contributed by atoms with Gasteiger partial charge in [-0.05, 0) is 72.6 Å². The molecule has 200 valence electrons. The summed E-state index contributed by atoms with van der Waals surface area (Å²) in [5.41, 5.74) is 4.04. The van der Waals surface area contributed by atoms with Crippen molar-refractivity contribution in [1.82, 2.24) is 9.80 Å². The molecule has 0 aromatic heterocycles. The van der Waals surface area contributed by atoms with Gasteiger partial charge in [0, 0.05) is 43.9 Å². The van der Waals surface area contributed by atoms with Crippen molar-refractivity contribution in [1.29, 1.82) is 0 Å². The smallest absolute Gasteiger partial charge is 0.303 e. The molecule has 0 spiro atoms. The summed E-state index contributed by atoms with van der Waals surface area (Å²) in [5, 5.41) is 11.9. The second kappa shape index (κ2) is 11.2. The van der Waals surface area contributed by atoms with E-state index in [4.69, 9.17) is 10.1 Å². The highest BCUT2D eigenvalue weighted by molar-refractivity contribution is 6.24. The predicted octanol–water partition coefficient (Wildman–Crippen LogP) is 4.09. The van der Waals surface area contributed by atoms with Gasteiger partial charge < -0.3 is 20.2 Å². The van der Waals surface area contributed by atoms with Crippen molar-refractivity contribution < 1.29 is 23.9 Å². The molecule has 1 fully saturated rings. The molecule has 2 amide bonds. The maximum atomic E-state index is 13.9. The minimum atomic E-state index is -0.897. The van der Waals surface area contributed by atoms with Gasteiger partial charge in [0.1, 0.15) is 11.7 Å². The summed E-state index contributed by atoms with van der Waals surface area (Å²) in [7, 11) is 2.04. The van der Waals surface area contributed by atoms with Gasteiger partial charge in [0.2, 0.25) is 5.91 Å². The Kier molecular flexibility index (Phi) is 7.51. The summed E-state index contributed by atoms with van der Waals surface area (Å²) in [6.45, 7) is 3.01. The summed E-state index contributed by atoms with van der Waals surface area (Å²) >= 11 is 0. The number of anilines is 1. The van der Waals surface area contributed by atoms with E-state index in [0.29, 0.717) is 53.3 Å². The van der Waals surface area contributed by atoms with E-state index in [-0.39, 0.29) is 18.2 Å². The molecule has 5 rings (SSSR count). The second-order valence-electron chi connectivity index (χ2n) is 9.89. The summed E-state index contributed by atoms with van der Waals surface area (Å²) < 4.78 is 13.9. The van der Waals surface area contributed by atoms with Crippen molar-refractivity contribution in [2.75, 3.05) is 38.5 Å². The first kappa shape index (κ1) is 26.2. The topological polar surface area (TPSA) is 102 Å². The Balaban J connectivity index is 1.50. The maximum absolute atomic E-state index is 13.9. The van der Waals surface area contributed by atoms with Crippen LogP contribution in [0.25, 0.3) is 0 Å². The lowest BCUT2D eigenvalue weighted by atomic mass is 9.89. The molecule has 0 saturated carbocycles. The van der Waals surface area contributed by atoms with Gasteiger partial charge in [0.05, 0.1) is 11.4 Å². The Labute approximate surface area is 225 Å². The number of aliphatic imine (C=N–C) groups is 1. The SMILES string of the molecule is CN1CCN(C(=O)c2ccc(N=C(c3cccc(CCC(=O)O)c3)C3C(=O)Nc4cc(F)ccc43)cc2)CC1. The van der Waals surface area contributed by atoms with E-state index in [1.807, 2.05) is 30.1 Å². The molecule has 0 bridgehead atoms. The van der Waals surface area contributed by atoms with E-state index < -0.39 is 17.7 Å². The number of hydrogen-bond donors (Lipinski definition) is 2. The van der Waals surface area contributed by atoms with Gasteiger partial charge in [-0.3, -0.25) is 19.4 Å². The van der Waals surface area contributed by atoms with Gasteiger partial charge in [-0.1, -0.05) is 24.3 Å². The number of fused-ring (bicyclic) bond motifs is 1. The summed E-state index contributed by atoms with van der Waals surface area (Å²) in [4.78, 5) is 46.1. The number of carboxylic acid groups (broad SMARTS) is 1. The molecule has 3 aromatic rings. The number of piperazine rings is 1. The number of carbonyl (C=O) groups excluding carboxylic acids is 2. The molecule has 2 aliphatic rings. The lowest BCUT2D eigenvalue weighted by Crippen LogP contribution is -2.47. The lowest BCUT2D eigenvalue weighted by Gasteiger charge is -2.32. The highest BCUT2D eigenvalue weighted by Gasteiger charge is 2.35. The van der Waals surface area contributed by atoms with Crippen LogP contribution in [0.5, 0.6) is 0 Å². The van der Waals surface area contributed by atoms with Crippen LogP contribution in [0.1, 0.15) is 39.4 Å². The molecule has 8 nitrogen and oxygen atoms in total. The van der Waals surface area contributed by atoms with Crippen LogP contribution in [-0.4, -0.2) is 71.6 Å². The van der Waals surface area contributed by atoms with Crippen molar-refractivity contribution in [2.24, 2.45) is 4.99 Å². The summed E-state index contributed by atoms with van der Waals surface area (Å²) in [6.07, 6.45) is 0.308. The van der Waals surface area contributed by atoms with Gasteiger partial charge >= 0.3 is 5.97 Å². The van der Waals surface area contributed by atoms with Crippen molar-refractivity contribution >= 4 is 34.9 Å². The number of nitrogens with zero attached hydrogens (tertiary/aromatic N) is 3. The number of nitrogens with one attached hydrogen (secondary N) is 1. The van der Waals surface area contributed by atoms with Crippen LogP contribution in [-0.2, 0) is 16.0 Å². The number of aliphatic carboxylic acids is 1. The monoisotopic (exact) mass is 528 g/mol. The highest BCUT2D eigenvalue weighted by atomic mass is 19.1. The fourth-order valence-electron chi connectivity index (χ4n) is 4.95. The summed E-state index contributed by atoms with van der Waals surface area (Å²) in [5.74, 6) is -2.50. The Hall–Kier alpha value is -4.37. The van der Waals surface area contributed by atoms with E-state index in [0.717, 1.165) is 18.7 Å². The number of halogens is 1. The molecule has 1 saturated heterocycles. The molecule has 1 unspecified atom stereocenters. The zero-order chi connectivity index (χ0) is 27.5. The number of amides is 2. The van der Waals surface area contributed by atoms with Crippen LogP contribution in [0.3, 0.4) is 0 Å². The number of rotatable bonds is 7. The van der Waals surface area contributed by atoms with Gasteiger partial charge in [0.25, 0.3) is 5.91 Å². The quantitative estimate of drug-likeness (QED) is 0.450. The first-order chi connectivity index (χ1) is 18.8. The predicted molar refractivity (Wildman–Crippen MR) is 146 cm³/mol. The Morgan fingerprint density at radius 1 is 1.00 bits per heavy atom. The van der Waals surface area contributed by atoms with Gasteiger partial charge in [-0.15, -0.1) is 0 Å². The van der Waals surface area contributed by atoms with Crippen molar-refractivity contribution in [3.8, 4) is 0 Å². The Bertz CT molecular complexity index is 1450. The Morgan fingerprint density at radius 3 is 2.46 bits per heavy atom. The summed E-state index contributed by atoms with van der Waals surface area (Å²) in [6, 6.07) is 18.4. The van der Waals surface area contributed by atoms with Crippen molar-refractivity contribution in [3.05, 3.63) is 94.8 Å². The molecule has 2 heterocycles. The first-order valence-corrected chi connectivity index (χ1v) is 12.9. The third-order valence-electron chi connectivity index (χ3n) is 7.12. The number of carboxylic acids is 1. The number of hydrogen-bond acceptors (Lipinski definition) is 5. The lowest BCUT2D eigenvalue weighted by molar-refractivity contribution is -0.137. The minimum Gasteiger partial charge on any atom is -0.481 e. The van der Waals surface area contributed by atoms with Crippen LogP contribution >= 0.6 is 0 Å². The zero-order valence-electron chi connectivity index (χ0n) is 21.6. The first-order valence-electron chi connectivity index (χ1n) is 12.9. The molecular weight excluding hydrogens is 499 g/mol. The van der Waals surface area contributed by atoms with E-state index in [2.05, 4.69) is 10.2 Å². The van der Waals surface area contributed by atoms with Gasteiger partial charge in [-0.25, -0.2) is 4.39 Å². The zero-order valence-corrected chi connectivity index (χ0v) is 21.6. The van der Waals surface area contributed by atoms with E-state index in [1.54, 1.807) is 36.4 Å². The minimum absolute atomic E-state index is 0.0231. The van der Waals surface area contributed by atoms with Crippen molar-refractivity contribution in [3.63, 3.8) is 0 Å². The molecule has 0 aliphatic carbocycles. The number of benzene rings is 3. The van der Waals surface area contributed by atoms with Crippen LogP contribution in [0.2, 0.25) is 0 Å². The van der Waals surface area contributed by atoms with Gasteiger partial charge in [0.15, 0.2) is 0 Å². The third kappa shape index (κ3) is 5.88. The maximum Gasteiger partial charge on any atom is 0.303 e. The molecule has 2 N–H and O–H groups in total. The van der Waals surface area contributed by atoms with Gasteiger partial charge in [-0.2, -0.15) is 0 Å². The molecule has 1 atom stereocenters. The number of carbonyl (C=O) groups is 3. The molecule has 2 aliphatic heterocycles. The van der Waals surface area contributed by atoms with Crippen LogP contribution in [0.15, 0.2) is 71.7 Å². The average molecular weight is 529 g/mol. The van der Waals surface area contributed by atoms with E-state index in [1.165, 1.54) is 12.1 Å². The fraction of sp³-hybridized carbons (Fsp3) is 0.267. The van der Waals surface area contributed by atoms with E-state index in [9.17, 15) is 18.8 Å². The average Bonchev–Trinajstić information content (AvgIpc) is 3.25. The molecule has 9 heteroatoms. The second-order valence-corrected chi connectivity index (χ2v) is 9.89. The third-order valence-corrected chi connectivity index (χ3v) is 7.12. The van der Waals surface area contributed by atoms with Crippen LogP contribution in [0.4, 0.5) is 15.8 Å². The largest absolute Gasteiger partial charge is 0.481 e. The normalized spacial score (nSPS) is 17.6. The molecule has 0 radical (unpaired) electrons. The van der Waals surface area contributed by atoms with Crippen LogP contribution in [0, 0.1) is 5.82 Å². The van der Waals surface area contributed by atoms with Crippen molar-refractivity contribution in [2.45, 2.75) is 18.8 Å². The Morgan fingerprint density at radius 2 is 1.74 bits per heavy atom. The standard InChI is InChI=1S/C30H29FN4O4/c1-34-13-15-35(16-14-34)30(39)20-6-9-23(10-7-20)32-28(21-4-2-3-19(17-21)5-12-26(36)37)27-24-11-8-22(31)18-25(24)33-29(27)38/h2-4,6-11,17-18,27H,5,12-16H2,1H3,(H,33,38)(H,36,37). The molecule has 3 aromatic carbocycles. The fourth-order valence-corrected chi connectivity index (χ4v) is 4.95. The number of likely N-dealkylation sites (N-methyl/N-ethyl adjacent to an activating group) is 1. The molecule has 39 heavy (non-hydrogen) atoms. The highest BCUT2D eigenvalue weighted by Crippen LogP contribution is 2.37. The van der Waals surface area contributed by atoms with E-state index >= 15 is 0 Å². The van der Waals surface area contributed by atoms with Crippen LogP contribution < -0.4 is 5.32 Å².